The molecule has 1 heterocycles. The molecule has 2 rings (SSSR count). The van der Waals surface area contributed by atoms with Gasteiger partial charge in [-0.15, -0.1) is 0 Å². The van der Waals surface area contributed by atoms with Crippen molar-refractivity contribution in [3.8, 4) is 0 Å². The van der Waals surface area contributed by atoms with Gasteiger partial charge in [0.05, 0.1) is 12.7 Å². The van der Waals surface area contributed by atoms with Crippen molar-refractivity contribution in [3.63, 3.8) is 0 Å². The van der Waals surface area contributed by atoms with Gasteiger partial charge in [0, 0.05) is 24.2 Å². The molecule has 1 fully saturated rings. The number of hydrogen-bond donors (Lipinski definition) is 1. The van der Waals surface area contributed by atoms with Crippen LogP contribution in [0.2, 0.25) is 5.02 Å². The summed E-state index contributed by atoms with van der Waals surface area (Å²) < 4.78 is 4.74. The van der Waals surface area contributed by atoms with E-state index in [1.165, 1.54) is 7.11 Å². The normalized spacial score (nSPS) is 23.6. The number of hydrogen-bond acceptors (Lipinski definition) is 4. The highest BCUT2D eigenvalue weighted by atomic mass is 35.5. The van der Waals surface area contributed by atoms with Crippen molar-refractivity contribution < 1.29 is 9.53 Å². The summed E-state index contributed by atoms with van der Waals surface area (Å²) in [7, 11) is 1.38. The van der Waals surface area contributed by atoms with E-state index in [9.17, 15) is 4.79 Å². The Morgan fingerprint density at radius 3 is 2.95 bits per heavy atom. The summed E-state index contributed by atoms with van der Waals surface area (Å²) in [5.74, 6) is 0.142. The summed E-state index contributed by atoms with van der Waals surface area (Å²) >= 11 is 6.22. The minimum atomic E-state index is -0.336. The van der Waals surface area contributed by atoms with Gasteiger partial charge in [0.2, 0.25) is 0 Å². The second-order valence-corrected chi connectivity index (χ2v) is 5.87. The fourth-order valence-electron chi connectivity index (χ4n) is 2.58. The third kappa shape index (κ3) is 3.51. The molecule has 1 aromatic rings. The SMILES string of the molecule is COC(=O)c1ccc(Cl)c(CN2CCC(N)C(C)C2)c1. The van der Waals surface area contributed by atoms with Gasteiger partial charge in [0.15, 0.2) is 0 Å². The highest BCUT2D eigenvalue weighted by Crippen LogP contribution is 2.23. The van der Waals surface area contributed by atoms with Gasteiger partial charge in [0.25, 0.3) is 0 Å². The van der Waals surface area contributed by atoms with Gasteiger partial charge in [-0.05, 0) is 42.6 Å². The first-order valence-corrected chi connectivity index (χ1v) is 7.23. The van der Waals surface area contributed by atoms with Gasteiger partial charge < -0.3 is 10.5 Å². The number of esters is 1. The molecule has 1 aromatic carbocycles. The predicted octanol–water partition coefficient (Wildman–Crippen LogP) is 2.30. The Labute approximate surface area is 124 Å². The third-order valence-electron chi connectivity index (χ3n) is 3.92. The van der Waals surface area contributed by atoms with Gasteiger partial charge in [-0.3, -0.25) is 4.90 Å². The van der Waals surface area contributed by atoms with E-state index in [4.69, 9.17) is 22.1 Å². The van der Waals surface area contributed by atoms with Crippen LogP contribution in [-0.2, 0) is 11.3 Å². The van der Waals surface area contributed by atoms with Crippen LogP contribution in [0.3, 0.4) is 0 Å². The Morgan fingerprint density at radius 2 is 2.30 bits per heavy atom. The lowest BCUT2D eigenvalue weighted by atomic mass is 9.94. The van der Waals surface area contributed by atoms with E-state index in [1.54, 1.807) is 12.1 Å². The van der Waals surface area contributed by atoms with Crippen LogP contribution >= 0.6 is 11.6 Å². The number of carbonyl (C=O) groups is 1. The molecule has 1 aliphatic heterocycles. The van der Waals surface area contributed by atoms with Crippen molar-refractivity contribution in [1.29, 1.82) is 0 Å². The maximum absolute atomic E-state index is 11.6. The molecule has 0 bridgehead atoms. The first-order chi connectivity index (χ1) is 9.51. The lowest BCUT2D eigenvalue weighted by Crippen LogP contribution is -2.45. The predicted molar refractivity (Wildman–Crippen MR) is 79.8 cm³/mol. The van der Waals surface area contributed by atoms with Gasteiger partial charge >= 0.3 is 5.97 Å². The Bertz CT molecular complexity index is 493. The number of benzene rings is 1. The summed E-state index contributed by atoms with van der Waals surface area (Å²) in [4.78, 5) is 13.9. The van der Waals surface area contributed by atoms with Crippen LogP contribution in [0.25, 0.3) is 0 Å². The van der Waals surface area contributed by atoms with Crippen molar-refractivity contribution in [1.82, 2.24) is 4.90 Å². The number of methoxy groups -OCH3 is 1. The van der Waals surface area contributed by atoms with E-state index in [0.717, 1.165) is 31.6 Å². The molecule has 2 atom stereocenters. The van der Waals surface area contributed by atoms with Crippen LogP contribution in [0.15, 0.2) is 18.2 Å². The fourth-order valence-corrected chi connectivity index (χ4v) is 2.75. The molecule has 5 heteroatoms. The number of rotatable bonds is 3. The van der Waals surface area contributed by atoms with E-state index in [1.807, 2.05) is 6.07 Å². The van der Waals surface area contributed by atoms with E-state index >= 15 is 0 Å². The maximum atomic E-state index is 11.6. The number of likely N-dealkylation sites (tertiary alicyclic amines) is 1. The molecular weight excluding hydrogens is 276 g/mol. The van der Waals surface area contributed by atoms with Crippen molar-refractivity contribution >= 4 is 17.6 Å². The van der Waals surface area contributed by atoms with E-state index in [-0.39, 0.29) is 12.0 Å². The average Bonchev–Trinajstić information content (AvgIpc) is 2.44. The lowest BCUT2D eigenvalue weighted by molar-refractivity contribution is 0.0600. The number of carbonyl (C=O) groups excluding carboxylic acids is 1. The van der Waals surface area contributed by atoms with E-state index in [0.29, 0.717) is 16.5 Å². The van der Waals surface area contributed by atoms with Gasteiger partial charge in [0.1, 0.15) is 0 Å². The largest absolute Gasteiger partial charge is 0.465 e. The second-order valence-electron chi connectivity index (χ2n) is 5.46. The summed E-state index contributed by atoms with van der Waals surface area (Å²) in [5, 5.41) is 0.681. The number of ether oxygens (including phenoxy) is 1. The molecule has 0 saturated carbocycles. The standard InChI is InChI=1S/C15H21ClN2O2/c1-10-8-18(6-5-14(10)17)9-12-7-11(15(19)20-2)3-4-13(12)16/h3-4,7,10,14H,5-6,8-9,17H2,1-2H3. The number of nitrogens with two attached hydrogens (primary N) is 1. The molecule has 0 aliphatic carbocycles. The number of piperidine rings is 1. The molecule has 0 aromatic heterocycles. The molecule has 1 saturated heterocycles. The van der Waals surface area contributed by atoms with Crippen molar-refractivity contribution in [2.45, 2.75) is 25.9 Å². The number of nitrogens with zero attached hydrogens (tertiary/aromatic N) is 1. The third-order valence-corrected chi connectivity index (χ3v) is 4.29. The monoisotopic (exact) mass is 296 g/mol. The zero-order valence-corrected chi connectivity index (χ0v) is 12.7. The summed E-state index contributed by atoms with van der Waals surface area (Å²) in [5.41, 5.74) is 7.52. The molecule has 2 unspecified atom stereocenters. The fraction of sp³-hybridized carbons (Fsp3) is 0.533. The van der Waals surface area contributed by atoms with Crippen LogP contribution in [-0.4, -0.2) is 37.1 Å². The van der Waals surface area contributed by atoms with E-state index in [2.05, 4.69) is 11.8 Å². The minimum Gasteiger partial charge on any atom is -0.465 e. The van der Waals surface area contributed by atoms with Crippen LogP contribution in [0, 0.1) is 5.92 Å². The van der Waals surface area contributed by atoms with Crippen molar-refractivity contribution in [2.24, 2.45) is 11.7 Å². The molecule has 110 valence electrons. The summed E-state index contributed by atoms with van der Waals surface area (Å²) in [6.07, 6.45) is 0.996. The molecule has 0 spiro atoms. The van der Waals surface area contributed by atoms with Gasteiger partial charge in [-0.1, -0.05) is 18.5 Å². The molecular formula is C15H21ClN2O2. The molecule has 0 amide bonds. The average molecular weight is 297 g/mol. The zero-order chi connectivity index (χ0) is 14.7. The first kappa shape index (κ1) is 15.3. The maximum Gasteiger partial charge on any atom is 0.337 e. The quantitative estimate of drug-likeness (QED) is 0.870. The smallest absolute Gasteiger partial charge is 0.337 e. The highest BCUT2D eigenvalue weighted by Gasteiger charge is 2.23. The molecule has 0 radical (unpaired) electrons. The lowest BCUT2D eigenvalue weighted by Gasteiger charge is -2.35. The molecule has 1 aliphatic rings. The Kier molecular flexibility index (Phi) is 5.02. The van der Waals surface area contributed by atoms with Crippen LogP contribution < -0.4 is 5.73 Å². The summed E-state index contributed by atoms with van der Waals surface area (Å²) in [6, 6.07) is 5.53. The summed E-state index contributed by atoms with van der Waals surface area (Å²) in [6.45, 7) is 4.83. The van der Waals surface area contributed by atoms with Crippen LogP contribution in [0.5, 0.6) is 0 Å². The Balaban J connectivity index is 2.10. The second kappa shape index (κ2) is 6.57. The number of halogens is 1. The van der Waals surface area contributed by atoms with Gasteiger partial charge in [-0.2, -0.15) is 0 Å². The van der Waals surface area contributed by atoms with Crippen LogP contribution in [0.1, 0.15) is 29.3 Å². The minimum absolute atomic E-state index is 0.281. The Hall–Kier alpha value is -1.10. The molecule has 2 N–H and O–H groups in total. The molecule has 20 heavy (non-hydrogen) atoms. The first-order valence-electron chi connectivity index (χ1n) is 6.86. The highest BCUT2D eigenvalue weighted by molar-refractivity contribution is 6.31. The van der Waals surface area contributed by atoms with Crippen molar-refractivity contribution in [2.75, 3.05) is 20.2 Å². The zero-order valence-electron chi connectivity index (χ0n) is 11.9. The molecule has 4 nitrogen and oxygen atoms in total. The topological polar surface area (TPSA) is 55.6 Å². The Morgan fingerprint density at radius 1 is 1.55 bits per heavy atom. The van der Waals surface area contributed by atoms with Crippen LogP contribution in [0.4, 0.5) is 0 Å². The van der Waals surface area contributed by atoms with Gasteiger partial charge in [-0.25, -0.2) is 4.79 Å². The van der Waals surface area contributed by atoms with Crippen molar-refractivity contribution in [3.05, 3.63) is 34.3 Å². The van der Waals surface area contributed by atoms with E-state index < -0.39 is 0 Å².